The molecule has 0 bridgehead atoms. The second kappa shape index (κ2) is 6.35. The van der Waals surface area contributed by atoms with Crippen molar-refractivity contribution in [2.24, 2.45) is 0 Å². The molecule has 0 fully saturated rings. The van der Waals surface area contributed by atoms with Crippen LogP contribution in [0.3, 0.4) is 0 Å². The maximum Gasteiger partial charge on any atom is 0.275 e. The van der Waals surface area contributed by atoms with E-state index in [1.807, 2.05) is 26.0 Å². The Hall–Kier alpha value is -3.32. The summed E-state index contributed by atoms with van der Waals surface area (Å²) in [7, 11) is 0. The summed E-state index contributed by atoms with van der Waals surface area (Å²) in [6, 6.07) is 10.5. The highest BCUT2D eigenvalue weighted by atomic mass is 32.1. The fraction of sp³-hybridized carbons (Fsp3) is 0.0909. The Labute approximate surface area is 167 Å². The topological polar surface area (TPSA) is 47.5 Å². The predicted octanol–water partition coefficient (Wildman–Crippen LogP) is 4.61. The van der Waals surface area contributed by atoms with Gasteiger partial charge in [-0.3, -0.25) is 4.79 Å². The smallest absolute Gasteiger partial charge is 0.275 e. The Balaban J connectivity index is 1.63. The minimum atomic E-state index is -0.706. The number of hydrogen-bond donors (Lipinski definition) is 0. The molecule has 0 aliphatic rings. The van der Waals surface area contributed by atoms with Crippen LogP contribution in [-0.2, 0) is 0 Å². The van der Waals surface area contributed by atoms with E-state index in [1.54, 1.807) is 22.6 Å². The molecule has 0 spiro atoms. The Morgan fingerprint density at radius 2 is 1.86 bits per heavy atom. The molecule has 29 heavy (non-hydrogen) atoms. The van der Waals surface area contributed by atoms with Crippen molar-refractivity contribution in [3.63, 3.8) is 0 Å². The maximum atomic E-state index is 14.0. The number of imidazole rings is 1. The molecule has 144 valence electrons. The van der Waals surface area contributed by atoms with E-state index in [-0.39, 0.29) is 16.9 Å². The van der Waals surface area contributed by atoms with Gasteiger partial charge in [0.25, 0.3) is 5.56 Å². The molecule has 4 nitrogen and oxygen atoms in total. The first-order chi connectivity index (χ1) is 13.9. The molecule has 0 unspecified atom stereocenters. The Morgan fingerprint density at radius 1 is 1.07 bits per heavy atom. The lowest BCUT2D eigenvalue weighted by molar-refractivity contribution is 0.554. The summed E-state index contributed by atoms with van der Waals surface area (Å²) in [4.78, 5) is 18.1. The number of aromatic nitrogens is 2. The van der Waals surface area contributed by atoms with Crippen LogP contribution in [0.5, 0.6) is 0 Å². The maximum absolute atomic E-state index is 14.0. The van der Waals surface area contributed by atoms with E-state index in [9.17, 15) is 13.6 Å². The van der Waals surface area contributed by atoms with Gasteiger partial charge < -0.3 is 4.42 Å². The van der Waals surface area contributed by atoms with Crippen LogP contribution in [0.1, 0.15) is 16.9 Å². The van der Waals surface area contributed by atoms with E-state index in [0.717, 1.165) is 28.2 Å². The second-order valence-corrected chi connectivity index (χ2v) is 7.91. The number of nitrogens with zero attached hydrogens (tertiary/aromatic N) is 2. The van der Waals surface area contributed by atoms with Crippen LogP contribution in [0.2, 0.25) is 0 Å². The van der Waals surface area contributed by atoms with E-state index in [1.165, 1.54) is 23.5 Å². The number of fused-ring (bicyclic) bond motifs is 3. The zero-order valence-electron chi connectivity index (χ0n) is 15.5. The summed E-state index contributed by atoms with van der Waals surface area (Å²) in [6.45, 7) is 4.01. The van der Waals surface area contributed by atoms with E-state index in [2.05, 4.69) is 4.98 Å². The summed E-state index contributed by atoms with van der Waals surface area (Å²) < 4.78 is 34.8. The first-order valence-corrected chi connectivity index (χ1v) is 9.71. The SMILES string of the molecule is Cc1cc2nc3sc(=Cc4ccc(-c5ccc(F)cc5F)o4)c(=O)n3c2cc1C. The van der Waals surface area contributed by atoms with Gasteiger partial charge in [-0.05, 0) is 61.4 Å². The molecular weight excluding hydrogens is 394 g/mol. The average molecular weight is 408 g/mol. The molecule has 5 aromatic rings. The molecule has 0 saturated carbocycles. The molecule has 0 amide bonds. The van der Waals surface area contributed by atoms with Gasteiger partial charge in [0.2, 0.25) is 0 Å². The first kappa shape index (κ1) is 17.8. The van der Waals surface area contributed by atoms with E-state index < -0.39 is 11.6 Å². The van der Waals surface area contributed by atoms with Crippen molar-refractivity contribution in [2.45, 2.75) is 13.8 Å². The molecule has 7 heteroatoms. The van der Waals surface area contributed by atoms with Gasteiger partial charge >= 0.3 is 0 Å². The number of halogens is 2. The van der Waals surface area contributed by atoms with Gasteiger partial charge in [-0.1, -0.05) is 11.3 Å². The Bertz CT molecular complexity index is 1530. The minimum Gasteiger partial charge on any atom is -0.457 e. The highest BCUT2D eigenvalue weighted by Gasteiger charge is 2.14. The first-order valence-electron chi connectivity index (χ1n) is 8.90. The van der Waals surface area contributed by atoms with Crippen LogP contribution < -0.4 is 10.1 Å². The molecule has 0 saturated heterocycles. The molecule has 0 aliphatic heterocycles. The molecule has 5 rings (SSSR count). The van der Waals surface area contributed by atoms with Gasteiger partial charge in [-0.2, -0.15) is 0 Å². The normalized spacial score (nSPS) is 12.5. The van der Waals surface area contributed by atoms with Crippen LogP contribution in [0.25, 0.3) is 33.4 Å². The molecule has 3 aromatic heterocycles. The molecule has 0 aliphatic carbocycles. The predicted molar refractivity (Wildman–Crippen MR) is 109 cm³/mol. The minimum absolute atomic E-state index is 0.159. The monoisotopic (exact) mass is 408 g/mol. The third kappa shape index (κ3) is 2.86. The molecule has 0 N–H and O–H groups in total. The summed E-state index contributed by atoms with van der Waals surface area (Å²) >= 11 is 1.27. The van der Waals surface area contributed by atoms with Gasteiger partial charge in [0.1, 0.15) is 27.7 Å². The molecule has 3 heterocycles. The third-order valence-corrected chi connectivity index (χ3v) is 5.92. The van der Waals surface area contributed by atoms with Crippen molar-refractivity contribution in [3.8, 4) is 11.3 Å². The van der Waals surface area contributed by atoms with Crippen molar-refractivity contribution in [1.29, 1.82) is 0 Å². The Kier molecular flexibility index (Phi) is 3.89. The van der Waals surface area contributed by atoms with Crippen molar-refractivity contribution < 1.29 is 13.2 Å². The summed E-state index contributed by atoms with van der Waals surface area (Å²) in [5, 5.41) is 0. The fourth-order valence-corrected chi connectivity index (χ4v) is 4.28. The zero-order valence-corrected chi connectivity index (χ0v) is 16.3. The van der Waals surface area contributed by atoms with Gasteiger partial charge in [0.15, 0.2) is 4.96 Å². The van der Waals surface area contributed by atoms with Crippen LogP contribution in [0, 0.1) is 25.5 Å². The average Bonchev–Trinajstić information content (AvgIpc) is 3.33. The molecule has 0 atom stereocenters. The van der Waals surface area contributed by atoms with Gasteiger partial charge in [-0.25, -0.2) is 18.2 Å². The largest absolute Gasteiger partial charge is 0.457 e. The van der Waals surface area contributed by atoms with Crippen LogP contribution in [-0.4, -0.2) is 9.38 Å². The molecule has 2 aromatic carbocycles. The van der Waals surface area contributed by atoms with Crippen molar-refractivity contribution in [3.05, 3.63) is 85.9 Å². The highest BCUT2D eigenvalue weighted by Crippen LogP contribution is 2.26. The van der Waals surface area contributed by atoms with Gasteiger partial charge in [-0.15, -0.1) is 0 Å². The lowest BCUT2D eigenvalue weighted by Gasteiger charge is -1.99. The lowest BCUT2D eigenvalue weighted by atomic mass is 10.1. The van der Waals surface area contributed by atoms with Crippen molar-refractivity contribution in [2.75, 3.05) is 0 Å². The Morgan fingerprint density at radius 3 is 2.66 bits per heavy atom. The number of thiazole rings is 1. The number of hydrogen-bond acceptors (Lipinski definition) is 4. The number of furan rings is 1. The lowest BCUT2D eigenvalue weighted by Crippen LogP contribution is -2.22. The van der Waals surface area contributed by atoms with Crippen molar-refractivity contribution >= 4 is 33.4 Å². The van der Waals surface area contributed by atoms with Crippen LogP contribution >= 0.6 is 11.3 Å². The zero-order chi connectivity index (χ0) is 20.3. The number of aryl methyl sites for hydroxylation is 2. The van der Waals surface area contributed by atoms with Gasteiger partial charge in [0, 0.05) is 12.1 Å². The summed E-state index contributed by atoms with van der Waals surface area (Å²) in [5.74, 6) is -0.692. The number of benzene rings is 2. The second-order valence-electron chi connectivity index (χ2n) is 6.90. The summed E-state index contributed by atoms with van der Waals surface area (Å²) in [6.07, 6.45) is 1.61. The van der Waals surface area contributed by atoms with Crippen LogP contribution in [0.4, 0.5) is 8.78 Å². The van der Waals surface area contributed by atoms with E-state index in [0.29, 0.717) is 15.3 Å². The third-order valence-electron chi connectivity index (χ3n) is 4.95. The van der Waals surface area contributed by atoms with Crippen LogP contribution in [0.15, 0.2) is 51.7 Å². The standard InChI is InChI=1S/C22H14F2N2O2S/c1-11-7-17-18(8-12(11)2)26-21(27)20(29-22(26)25-17)10-14-4-6-19(28-14)15-5-3-13(23)9-16(15)24/h3-10H,1-2H3. The fourth-order valence-electron chi connectivity index (χ4n) is 3.31. The molecule has 0 radical (unpaired) electrons. The highest BCUT2D eigenvalue weighted by molar-refractivity contribution is 7.15. The van der Waals surface area contributed by atoms with E-state index in [4.69, 9.17) is 4.42 Å². The quantitative estimate of drug-likeness (QED) is 0.429. The van der Waals surface area contributed by atoms with Crippen molar-refractivity contribution in [1.82, 2.24) is 9.38 Å². The van der Waals surface area contributed by atoms with Gasteiger partial charge in [0.05, 0.1) is 16.6 Å². The van der Waals surface area contributed by atoms with E-state index >= 15 is 0 Å². The molecular formula is C22H14F2N2O2S. The number of rotatable bonds is 2. The summed E-state index contributed by atoms with van der Waals surface area (Å²) in [5.41, 5.74) is 3.76.